The van der Waals surface area contributed by atoms with E-state index in [2.05, 4.69) is 0 Å². The number of anilines is 1. The first-order chi connectivity index (χ1) is 21.4. The summed E-state index contributed by atoms with van der Waals surface area (Å²) in [6.07, 6.45) is 1.56. The minimum Gasteiger partial charge on any atom is -0.493 e. The second-order valence-electron chi connectivity index (χ2n) is 12.3. The highest BCUT2D eigenvalue weighted by atomic mass is 35.5. The molecule has 8 nitrogen and oxygen atoms in total. The Morgan fingerprint density at radius 2 is 1.60 bits per heavy atom. The molecule has 2 aliphatic rings. The third-order valence-corrected chi connectivity index (χ3v) is 9.18. The fourth-order valence-electron chi connectivity index (χ4n) is 6.70. The summed E-state index contributed by atoms with van der Waals surface area (Å²) >= 11 is 6.27. The number of nitrogens with zero attached hydrogens (tertiary/aromatic N) is 2. The number of amides is 2. The number of methoxy groups -OCH3 is 1. The Hall–Kier alpha value is -4.04. The molecule has 1 saturated heterocycles. The summed E-state index contributed by atoms with van der Waals surface area (Å²) in [6, 6.07) is 18.7. The normalized spacial score (nSPS) is 18.3. The van der Waals surface area contributed by atoms with E-state index in [-0.39, 0.29) is 36.2 Å². The van der Waals surface area contributed by atoms with Gasteiger partial charge in [-0.2, -0.15) is 0 Å². The van der Waals surface area contributed by atoms with E-state index in [9.17, 15) is 14.4 Å². The molecule has 3 aromatic rings. The summed E-state index contributed by atoms with van der Waals surface area (Å²) in [6.45, 7) is 10.1. The number of piperidine rings is 1. The molecule has 2 amide bonds. The molecule has 2 aliphatic heterocycles. The number of carbonyl (C=O) groups excluding carboxylic acids is 3. The molecular weight excluding hydrogens is 592 g/mol. The molecule has 0 spiro atoms. The number of carbonyl (C=O) groups is 3. The minimum absolute atomic E-state index is 0.0301. The Morgan fingerprint density at radius 3 is 2.16 bits per heavy atom. The SMILES string of the molecule is COc1cc2c(cc1OC(C)C)[C@H](c1ccc(Cl)cc1)N(c1ccc([C@](C)(OC(C)=O)C3CCN(C(C)=O)CC3)cc1)C(=O)C2. The maximum absolute atomic E-state index is 14.0. The number of benzene rings is 3. The number of ether oxygens (including phenoxy) is 3. The Kier molecular flexibility index (Phi) is 9.44. The average Bonchev–Trinajstić information content (AvgIpc) is 3.00. The number of halogens is 1. The summed E-state index contributed by atoms with van der Waals surface area (Å²) in [5.74, 6) is 0.855. The van der Waals surface area contributed by atoms with E-state index in [1.54, 1.807) is 14.0 Å². The van der Waals surface area contributed by atoms with Crippen molar-refractivity contribution < 1.29 is 28.6 Å². The van der Waals surface area contributed by atoms with Gasteiger partial charge in [0.25, 0.3) is 0 Å². The zero-order chi connectivity index (χ0) is 32.5. The number of rotatable bonds is 8. The van der Waals surface area contributed by atoms with Crippen LogP contribution in [0.3, 0.4) is 0 Å². The monoisotopic (exact) mass is 632 g/mol. The zero-order valence-electron chi connectivity index (χ0n) is 26.8. The van der Waals surface area contributed by atoms with Crippen molar-refractivity contribution >= 4 is 35.1 Å². The second kappa shape index (κ2) is 13.1. The molecule has 2 heterocycles. The molecule has 2 atom stereocenters. The summed E-state index contributed by atoms with van der Waals surface area (Å²) in [4.78, 5) is 41.8. The van der Waals surface area contributed by atoms with Crippen molar-refractivity contribution in [1.29, 1.82) is 0 Å². The van der Waals surface area contributed by atoms with Gasteiger partial charge in [-0.15, -0.1) is 0 Å². The maximum atomic E-state index is 14.0. The summed E-state index contributed by atoms with van der Waals surface area (Å²) in [5, 5.41) is 0.606. The van der Waals surface area contributed by atoms with E-state index in [4.69, 9.17) is 25.8 Å². The van der Waals surface area contributed by atoms with Gasteiger partial charge >= 0.3 is 5.97 Å². The molecule has 45 heavy (non-hydrogen) atoms. The van der Waals surface area contributed by atoms with Gasteiger partial charge < -0.3 is 24.0 Å². The van der Waals surface area contributed by atoms with Crippen molar-refractivity contribution in [2.45, 2.75) is 71.6 Å². The molecule has 0 N–H and O–H groups in total. The molecule has 1 fully saturated rings. The van der Waals surface area contributed by atoms with E-state index >= 15 is 0 Å². The summed E-state index contributed by atoms with van der Waals surface area (Å²) in [5.41, 5.74) is 3.39. The van der Waals surface area contributed by atoms with Gasteiger partial charge in [-0.05, 0) is 92.3 Å². The fourth-order valence-corrected chi connectivity index (χ4v) is 6.83. The fraction of sp³-hybridized carbons (Fsp3) is 0.417. The lowest BCUT2D eigenvalue weighted by atomic mass is 9.77. The first kappa shape index (κ1) is 32.4. The van der Waals surface area contributed by atoms with Crippen molar-refractivity contribution in [2.24, 2.45) is 5.92 Å². The standard InChI is InChI=1S/C36H41ClN2O6/c1-22(2)44-33-21-31-26(19-32(33)43-6)20-34(42)39(35(31)25-7-11-29(37)12-8-25)30-13-9-27(10-14-30)36(5,45-24(4)41)28-15-17-38(18-16-28)23(3)40/h7-14,19,21-22,28,35H,15-18,20H2,1-6H3/t35-,36-/m0/s1. The molecule has 3 aromatic carbocycles. The second-order valence-corrected chi connectivity index (χ2v) is 12.7. The molecular formula is C36H41ClN2O6. The van der Waals surface area contributed by atoms with Crippen LogP contribution in [0.15, 0.2) is 60.7 Å². The molecule has 0 bridgehead atoms. The molecule has 5 rings (SSSR count). The van der Waals surface area contributed by atoms with Crippen LogP contribution in [0.4, 0.5) is 5.69 Å². The highest BCUT2D eigenvalue weighted by molar-refractivity contribution is 6.30. The predicted octanol–water partition coefficient (Wildman–Crippen LogP) is 6.85. The molecule has 0 aliphatic carbocycles. The van der Waals surface area contributed by atoms with Gasteiger partial charge in [0.1, 0.15) is 5.60 Å². The smallest absolute Gasteiger partial charge is 0.303 e. The highest BCUT2D eigenvalue weighted by Crippen LogP contribution is 2.45. The molecule has 238 valence electrons. The minimum atomic E-state index is -0.888. The van der Waals surface area contributed by atoms with Crippen molar-refractivity contribution in [3.8, 4) is 11.5 Å². The molecule has 0 unspecified atom stereocenters. The Labute approximate surface area is 270 Å². The lowest BCUT2D eigenvalue weighted by Crippen LogP contribution is -2.45. The van der Waals surface area contributed by atoms with Gasteiger partial charge in [0, 0.05) is 43.6 Å². The van der Waals surface area contributed by atoms with Crippen molar-refractivity contribution in [3.05, 3.63) is 87.9 Å². The van der Waals surface area contributed by atoms with Crippen LogP contribution in [-0.2, 0) is 31.1 Å². The third-order valence-electron chi connectivity index (χ3n) is 8.93. The third kappa shape index (κ3) is 6.66. The summed E-state index contributed by atoms with van der Waals surface area (Å²) in [7, 11) is 1.60. The number of hydrogen-bond donors (Lipinski definition) is 0. The quantitative estimate of drug-likeness (QED) is 0.253. The van der Waals surface area contributed by atoms with Crippen LogP contribution in [-0.4, -0.2) is 49.0 Å². The van der Waals surface area contributed by atoms with Crippen molar-refractivity contribution in [1.82, 2.24) is 4.90 Å². The van der Waals surface area contributed by atoms with Crippen LogP contribution in [0.2, 0.25) is 5.02 Å². The van der Waals surface area contributed by atoms with E-state index in [0.717, 1.165) is 35.1 Å². The molecule has 9 heteroatoms. The van der Waals surface area contributed by atoms with E-state index < -0.39 is 11.6 Å². The Morgan fingerprint density at radius 1 is 0.956 bits per heavy atom. The van der Waals surface area contributed by atoms with Gasteiger partial charge in [-0.3, -0.25) is 14.4 Å². The van der Waals surface area contributed by atoms with Crippen LogP contribution < -0.4 is 14.4 Å². The van der Waals surface area contributed by atoms with Gasteiger partial charge in [-0.25, -0.2) is 0 Å². The van der Waals surface area contributed by atoms with E-state index in [0.29, 0.717) is 35.3 Å². The molecule has 0 aromatic heterocycles. The number of likely N-dealkylation sites (tertiary alicyclic amines) is 1. The lowest BCUT2D eigenvalue weighted by Gasteiger charge is -2.42. The maximum Gasteiger partial charge on any atom is 0.303 e. The highest BCUT2D eigenvalue weighted by Gasteiger charge is 2.42. The number of esters is 1. The average molecular weight is 633 g/mol. The van der Waals surface area contributed by atoms with Crippen molar-refractivity contribution in [2.75, 3.05) is 25.1 Å². The largest absolute Gasteiger partial charge is 0.493 e. The molecule has 0 saturated carbocycles. The van der Waals surface area contributed by atoms with Crippen LogP contribution in [0, 0.1) is 5.92 Å². The first-order valence-corrected chi connectivity index (χ1v) is 15.8. The van der Waals surface area contributed by atoms with Crippen LogP contribution in [0.5, 0.6) is 11.5 Å². The Bertz CT molecular complexity index is 1560. The zero-order valence-corrected chi connectivity index (χ0v) is 27.5. The summed E-state index contributed by atoms with van der Waals surface area (Å²) < 4.78 is 17.8. The van der Waals surface area contributed by atoms with Crippen LogP contribution in [0.1, 0.15) is 75.8 Å². The van der Waals surface area contributed by atoms with Gasteiger partial charge in [-0.1, -0.05) is 35.9 Å². The number of fused-ring (bicyclic) bond motifs is 1. The van der Waals surface area contributed by atoms with Gasteiger partial charge in [0.2, 0.25) is 11.8 Å². The van der Waals surface area contributed by atoms with Gasteiger partial charge in [0.05, 0.1) is 25.7 Å². The van der Waals surface area contributed by atoms with Crippen LogP contribution >= 0.6 is 11.6 Å². The van der Waals surface area contributed by atoms with E-state index in [1.807, 2.05) is 91.2 Å². The topological polar surface area (TPSA) is 85.4 Å². The van der Waals surface area contributed by atoms with Gasteiger partial charge in [0.15, 0.2) is 11.5 Å². The van der Waals surface area contributed by atoms with Crippen molar-refractivity contribution in [3.63, 3.8) is 0 Å². The predicted molar refractivity (Wildman–Crippen MR) is 174 cm³/mol. The first-order valence-electron chi connectivity index (χ1n) is 15.4. The molecule has 0 radical (unpaired) electrons. The lowest BCUT2D eigenvalue weighted by molar-refractivity contribution is -0.166. The Balaban J connectivity index is 1.56. The van der Waals surface area contributed by atoms with E-state index in [1.165, 1.54) is 6.92 Å². The van der Waals surface area contributed by atoms with Crippen LogP contribution in [0.25, 0.3) is 0 Å². The number of hydrogen-bond acceptors (Lipinski definition) is 6.